The summed E-state index contributed by atoms with van der Waals surface area (Å²) >= 11 is 0. The Kier molecular flexibility index (Phi) is 6.40. The number of nitrogens with zero attached hydrogens (tertiary/aromatic N) is 2. The van der Waals surface area contributed by atoms with Gasteiger partial charge in [0.2, 0.25) is 5.91 Å². The first kappa shape index (κ1) is 17.3. The molecule has 1 aromatic carbocycles. The van der Waals surface area contributed by atoms with E-state index >= 15 is 0 Å². The van der Waals surface area contributed by atoms with Crippen LogP contribution < -0.4 is 10.6 Å². The van der Waals surface area contributed by atoms with Gasteiger partial charge in [-0.15, -0.1) is 0 Å². The molecule has 0 aliphatic carbocycles. The van der Waals surface area contributed by atoms with Crippen LogP contribution in [0.2, 0.25) is 0 Å². The molecular formula is C17H26N4O2. The molecule has 0 saturated carbocycles. The first-order valence-corrected chi connectivity index (χ1v) is 8.02. The van der Waals surface area contributed by atoms with Crippen LogP contribution in [0.3, 0.4) is 0 Å². The number of hydrogen-bond acceptors (Lipinski definition) is 3. The summed E-state index contributed by atoms with van der Waals surface area (Å²) in [4.78, 5) is 27.6. The lowest BCUT2D eigenvalue weighted by atomic mass is 10.1. The molecule has 2 N–H and O–H groups in total. The summed E-state index contributed by atoms with van der Waals surface area (Å²) in [6, 6.07) is 9.81. The first-order valence-electron chi connectivity index (χ1n) is 8.02. The van der Waals surface area contributed by atoms with Crippen molar-refractivity contribution in [1.82, 2.24) is 20.4 Å². The highest BCUT2D eigenvalue weighted by molar-refractivity contribution is 5.79. The summed E-state index contributed by atoms with van der Waals surface area (Å²) < 4.78 is 0. The van der Waals surface area contributed by atoms with Crippen LogP contribution >= 0.6 is 0 Å². The van der Waals surface area contributed by atoms with Gasteiger partial charge in [0, 0.05) is 45.1 Å². The van der Waals surface area contributed by atoms with Crippen LogP contribution in [0.4, 0.5) is 4.79 Å². The van der Waals surface area contributed by atoms with Gasteiger partial charge >= 0.3 is 6.03 Å². The minimum Gasteiger partial charge on any atom is -0.338 e. The Hall–Kier alpha value is -2.08. The number of amides is 3. The summed E-state index contributed by atoms with van der Waals surface area (Å²) in [5.74, 6) is 0.347. The van der Waals surface area contributed by atoms with Gasteiger partial charge in [0.1, 0.15) is 0 Å². The summed E-state index contributed by atoms with van der Waals surface area (Å²) in [5.41, 5.74) is 1.14. The van der Waals surface area contributed by atoms with E-state index in [9.17, 15) is 9.59 Å². The number of rotatable bonds is 7. The largest absolute Gasteiger partial charge is 0.338 e. The van der Waals surface area contributed by atoms with E-state index in [-0.39, 0.29) is 17.9 Å². The van der Waals surface area contributed by atoms with Gasteiger partial charge in [-0.05, 0) is 19.7 Å². The standard InChI is InChI=1S/C17H26N4O2/c1-20(2)9-8-18-17(23)19-11-15-10-16(22)21(13-15)12-14-6-4-3-5-7-14/h3-7,15H,8-13H2,1-2H3,(H2,18,19,23). The number of carbonyl (C=O) groups is 2. The van der Waals surface area contributed by atoms with E-state index in [1.165, 1.54) is 0 Å². The lowest BCUT2D eigenvalue weighted by molar-refractivity contribution is -0.128. The van der Waals surface area contributed by atoms with E-state index < -0.39 is 0 Å². The monoisotopic (exact) mass is 318 g/mol. The lowest BCUT2D eigenvalue weighted by Crippen LogP contribution is -2.41. The fraction of sp³-hybridized carbons (Fsp3) is 0.529. The second-order valence-corrected chi connectivity index (χ2v) is 6.27. The number of hydrogen-bond donors (Lipinski definition) is 2. The molecule has 1 fully saturated rings. The molecule has 1 aliphatic rings. The van der Waals surface area contributed by atoms with Crippen molar-refractivity contribution in [3.63, 3.8) is 0 Å². The number of likely N-dealkylation sites (N-methyl/N-ethyl adjacent to an activating group) is 1. The highest BCUT2D eigenvalue weighted by atomic mass is 16.2. The zero-order chi connectivity index (χ0) is 16.7. The molecule has 3 amide bonds. The summed E-state index contributed by atoms with van der Waals surface area (Å²) in [6.07, 6.45) is 0.505. The van der Waals surface area contributed by atoms with Crippen molar-refractivity contribution in [2.75, 3.05) is 40.3 Å². The van der Waals surface area contributed by atoms with E-state index in [4.69, 9.17) is 0 Å². The van der Waals surface area contributed by atoms with Gasteiger partial charge in [-0.1, -0.05) is 30.3 Å². The SMILES string of the molecule is CN(C)CCNC(=O)NCC1CC(=O)N(Cc2ccccc2)C1. The fourth-order valence-corrected chi connectivity index (χ4v) is 2.64. The van der Waals surface area contributed by atoms with E-state index in [0.717, 1.165) is 12.1 Å². The third-order valence-electron chi connectivity index (χ3n) is 3.91. The highest BCUT2D eigenvalue weighted by Crippen LogP contribution is 2.19. The van der Waals surface area contributed by atoms with Gasteiger partial charge < -0.3 is 20.4 Å². The Balaban J connectivity index is 1.69. The molecule has 1 heterocycles. The Morgan fingerprint density at radius 1 is 1.26 bits per heavy atom. The summed E-state index contributed by atoms with van der Waals surface area (Å²) in [7, 11) is 3.93. The second kappa shape index (κ2) is 8.53. The van der Waals surface area contributed by atoms with Crippen molar-refractivity contribution in [3.8, 4) is 0 Å². The molecule has 6 nitrogen and oxygen atoms in total. The number of carbonyl (C=O) groups excluding carboxylic acids is 2. The normalized spacial score (nSPS) is 17.6. The van der Waals surface area contributed by atoms with Crippen LogP contribution in [-0.4, -0.2) is 62.0 Å². The minimum absolute atomic E-state index is 0.161. The third kappa shape index (κ3) is 5.90. The van der Waals surface area contributed by atoms with Crippen LogP contribution in [-0.2, 0) is 11.3 Å². The number of benzene rings is 1. The van der Waals surface area contributed by atoms with Gasteiger partial charge in [-0.3, -0.25) is 4.79 Å². The smallest absolute Gasteiger partial charge is 0.314 e. The fourth-order valence-electron chi connectivity index (χ4n) is 2.64. The molecule has 1 saturated heterocycles. The molecule has 2 rings (SSSR count). The quantitative estimate of drug-likeness (QED) is 0.785. The van der Waals surface area contributed by atoms with Gasteiger partial charge in [-0.2, -0.15) is 0 Å². The van der Waals surface area contributed by atoms with Crippen LogP contribution in [0.1, 0.15) is 12.0 Å². The molecule has 126 valence electrons. The molecular weight excluding hydrogens is 292 g/mol. The maximum Gasteiger partial charge on any atom is 0.314 e. The predicted octanol–water partition coefficient (Wildman–Crippen LogP) is 0.896. The van der Waals surface area contributed by atoms with Gasteiger partial charge in [-0.25, -0.2) is 4.79 Å². The highest BCUT2D eigenvalue weighted by Gasteiger charge is 2.29. The topological polar surface area (TPSA) is 64.7 Å². The molecule has 1 unspecified atom stereocenters. The average molecular weight is 318 g/mol. The van der Waals surface area contributed by atoms with Crippen LogP contribution in [0.15, 0.2) is 30.3 Å². The van der Waals surface area contributed by atoms with E-state index in [1.54, 1.807) is 0 Å². The zero-order valence-electron chi connectivity index (χ0n) is 13.9. The minimum atomic E-state index is -0.166. The van der Waals surface area contributed by atoms with Crippen molar-refractivity contribution < 1.29 is 9.59 Å². The Morgan fingerprint density at radius 3 is 2.70 bits per heavy atom. The molecule has 6 heteroatoms. The number of nitrogens with one attached hydrogen (secondary N) is 2. The van der Waals surface area contributed by atoms with Crippen molar-refractivity contribution in [1.29, 1.82) is 0 Å². The molecule has 1 aromatic rings. The van der Waals surface area contributed by atoms with Crippen LogP contribution in [0, 0.1) is 5.92 Å². The third-order valence-corrected chi connectivity index (χ3v) is 3.91. The van der Waals surface area contributed by atoms with Crippen molar-refractivity contribution in [2.45, 2.75) is 13.0 Å². The second-order valence-electron chi connectivity index (χ2n) is 6.27. The van der Waals surface area contributed by atoms with Crippen LogP contribution in [0.5, 0.6) is 0 Å². The van der Waals surface area contributed by atoms with E-state index in [1.807, 2.05) is 54.2 Å². The molecule has 1 aliphatic heterocycles. The lowest BCUT2D eigenvalue weighted by Gasteiger charge is -2.17. The number of likely N-dealkylation sites (tertiary alicyclic amines) is 1. The van der Waals surface area contributed by atoms with Gasteiger partial charge in [0.25, 0.3) is 0 Å². The van der Waals surface area contributed by atoms with Crippen LogP contribution in [0.25, 0.3) is 0 Å². The predicted molar refractivity (Wildman–Crippen MR) is 89.9 cm³/mol. The zero-order valence-corrected chi connectivity index (χ0v) is 13.9. The maximum absolute atomic E-state index is 12.1. The van der Waals surface area contributed by atoms with Gasteiger partial charge in [0.15, 0.2) is 0 Å². The van der Waals surface area contributed by atoms with E-state index in [0.29, 0.717) is 32.6 Å². The molecule has 23 heavy (non-hydrogen) atoms. The molecule has 1 atom stereocenters. The molecule has 0 aromatic heterocycles. The summed E-state index contributed by atoms with van der Waals surface area (Å²) in [5, 5.41) is 5.67. The Bertz CT molecular complexity index is 519. The van der Waals surface area contributed by atoms with Crippen molar-refractivity contribution in [2.24, 2.45) is 5.92 Å². The first-order chi connectivity index (χ1) is 11.0. The molecule has 0 spiro atoms. The van der Waals surface area contributed by atoms with Gasteiger partial charge in [0.05, 0.1) is 0 Å². The number of urea groups is 1. The molecule has 0 radical (unpaired) electrons. The van der Waals surface area contributed by atoms with E-state index in [2.05, 4.69) is 10.6 Å². The maximum atomic E-state index is 12.1. The Morgan fingerprint density at radius 2 is 2.00 bits per heavy atom. The summed E-state index contributed by atoms with van der Waals surface area (Å²) in [6.45, 7) is 3.30. The average Bonchev–Trinajstić information content (AvgIpc) is 2.86. The van der Waals surface area contributed by atoms with Crippen molar-refractivity contribution in [3.05, 3.63) is 35.9 Å². The van der Waals surface area contributed by atoms with Crippen molar-refractivity contribution >= 4 is 11.9 Å². The molecule has 0 bridgehead atoms. The Labute approximate surface area is 137 Å².